The van der Waals surface area contributed by atoms with Crippen LogP contribution in [0.5, 0.6) is 0 Å². The van der Waals surface area contributed by atoms with Crippen LogP contribution in [0, 0.1) is 0 Å². The lowest BCUT2D eigenvalue weighted by molar-refractivity contribution is -0.144. The summed E-state index contributed by atoms with van der Waals surface area (Å²) in [6.07, 6.45) is -14.0. The summed E-state index contributed by atoms with van der Waals surface area (Å²) in [7, 11) is 0. The SMILES string of the molecule is CC.NC(=O)/C(=C/c1ccnc(-c2cc(C(F)(F)F)cc(C(F)(F)F)c2)n1)c1ccc(N2CCOCC2)cc1.NC(=O)/C(=C/c1ccnc(-c2cc(C(F)(F)F)cc(C(F)(F)F)c2)n1)c1cccc(SN2CCC2)c1. The second-order valence-electron chi connectivity index (χ2n) is 16.1. The van der Waals surface area contributed by atoms with Gasteiger partial charge in [-0.3, -0.25) is 9.59 Å². The molecule has 396 valence electrons. The highest BCUT2D eigenvalue weighted by atomic mass is 32.2. The third-order valence-electron chi connectivity index (χ3n) is 10.9. The Morgan fingerprint density at radius 3 is 1.37 bits per heavy atom. The molecule has 24 heteroatoms. The summed E-state index contributed by atoms with van der Waals surface area (Å²) in [6.45, 7) is 8.52. The van der Waals surface area contributed by atoms with Crippen LogP contribution in [0.2, 0.25) is 0 Å². The fourth-order valence-electron chi connectivity index (χ4n) is 7.16. The third-order valence-corrected chi connectivity index (χ3v) is 12.0. The molecule has 4 aromatic carbocycles. The van der Waals surface area contributed by atoms with Gasteiger partial charge in [0.05, 0.1) is 46.9 Å². The van der Waals surface area contributed by atoms with E-state index in [0.717, 1.165) is 30.1 Å². The van der Waals surface area contributed by atoms with Gasteiger partial charge < -0.3 is 21.1 Å². The number of hydrogen-bond acceptors (Lipinski definition) is 10. The summed E-state index contributed by atoms with van der Waals surface area (Å²) in [6, 6.07) is 19.0. The van der Waals surface area contributed by atoms with E-state index in [1.165, 1.54) is 48.6 Å². The molecule has 0 bridgehead atoms. The van der Waals surface area contributed by atoms with Crippen molar-refractivity contribution in [2.45, 2.75) is 49.9 Å². The first-order valence-corrected chi connectivity index (χ1v) is 23.3. The fraction of sp³-hybridized carbons (Fsp3) is 0.255. The summed E-state index contributed by atoms with van der Waals surface area (Å²) in [5, 5.41) is 0. The Labute approximate surface area is 425 Å². The lowest BCUT2D eigenvalue weighted by atomic mass is 10.0. The summed E-state index contributed by atoms with van der Waals surface area (Å²) in [4.78, 5) is 43.2. The lowest BCUT2D eigenvalue weighted by Gasteiger charge is -2.29. The molecule has 0 aliphatic carbocycles. The van der Waals surface area contributed by atoms with E-state index in [0.29, 0.717) is 61.7 Å². The van der Waals surface area contributed by atoms with E-state index in [9.17, 15) is 62.3 Å². The van der Waals surface area contributed by atoms with Gasteiger partial charge in [0.25, 0.3) is 0 Å². The van der Waals surface area contributed by atoms with Crippen molar-refractivity contribution in [1.82, 2.24) is 24.2 Å². The summed E-state index contributed by atoms with van der Waals surface area (Å²) in [5.41, 5.74) is 6.40. The summed E-state index contributed by atoms with van der Waals surface area (Å²) < 4.78 is 166. The second kappa shape index (κ2) is 23.9. The van der Waals surface area contributed by atoms with Crippen molar-refractivity contribution in [3.8, 4) is 22.8 Å². The Morgan fingerprint density at radius 1 is 0.560 bits per heavy atom. The van der Waals surface area contributed by atoms with E-state index in [4.69, 9.17) is 16.2 Å². The number of hydrogen-bond donors (Lipinski definition) is 2. The summed E-state index contributed by atoms with van der Waals surface area (Å²) >= 11 is 1.53. The number of ether oxygens (including phenoxy) is 1. The number of nitrogens with zero attached hydrogens (tertiary/aromatic N) is 6. The zero-order chi connectivity index (χ0) is 54.9. The van der Waals surface area contributed by atoms with Crippen LogP contribution in [0.25, 0.3) is 46.1 Å². The van der Waals surface area contributed by atoms with Gasteiger partial charge in [-0.15, -0.1) is 0 Å². The Bertz CT molecular complexity index is 2980. The van der Waals surface area contributed by atoms with Crippen molar-refractivity contribution < 1.29 is 67.0 Å². The molecule has 0 saturated carbocycles. The minimum atomic E-state index is -5.01. The Kier molecular flexibility index (Phi) is 18.2. The quantitative estimate of drug-likeness (QED) is 0.0728. The second-order valence-corrected chi connectivity index (χ2v) is 17.3. The van der Waals surface area contributed by atoms with Crippen molar-refractivity contribution in [3.05, 3.63) is 154 Å². The number of nitrogens with two attached hydrogens (primary N) is 2. The number of benzene rings is 4. The first kappa shape index (κ1) is 57.0. The molecule has 0 radical (unpaired) electrons. The number of halogens is 12. The van der Waals surface area contributed by atoms with Crippen LogP contribution < -0.4 is 16.4 Å². The minimum Gasteiger partial charge on any atom is -0.378 e. The number of anilines is 1. The number of aromatic nitrogens is 4. The van der Waals surface area contributed by atoms with Gasteiger partial charge >= 0.3 is 24.7 Å². The van der Waals surface area contributed by atoms with Crippen LogP contribution in [-0.4, -0.2) is 75.4 Å². The zero-order valence-corrected chi connectivity index (χ0v) is 40.3. The van der Waals surface area contributed by atoms with E-state index < -0.39 is 69.9 Å². The van der Waals surface area contributed by atoms with Gasteiger partial charge in [-0.1, -0.05) is 38.1 Å². The first-order valence-electron chi connectivity index (χ1n) is 22.6. The molecule has 2 fully saturated rings. The number of primary amides is 2. The standard InChI is InChI=1S/C25H20F6N4O2.C24H18F6N4OS.C2H6/c26-24(27,28)17-11-16(12-18(13-17)25(29,30)31)23-33-6-5-19(34-23)14-21(22(32)36)15-1-3-20(4-2-15)35-7-9-37-10-8-35;25-23(26,27)16-9-15(10-17(12-16)24(28,29)30)22-32-6-5-18(33-22)13-20(21(31)35)14-3-1-4-19(11-14)36-34-7-2-8-34;1-2/h1-6,11-14H,7-10H2,(H2,32,36);1,3-6,9-13H,2,7-8H2,(H2,31,35);1-2H3/b21-14+;20-13+;. The summed E-state index contributed by atoms with van der Waals surface area (Å²) in [5.74, 6) is -2.32. The molecule has 75 heavy (non-hydrogen) atoms. The molecule has 4 N–H and O–H groups in total. The number of carbonyl (C=O) groups is 2. The van der Waals surface area contributed by atoms with Gasteiger partial charge in [0.15, 0.2) is 11.6 Å². The molecule has 8 rings (SSSR count). The predicted molar refractivity (Wildman–Crippen MR) is 258 cm³/mol. The molecule has 2 saturated heterocycles. The first-order chi connectivity index (χ1) is 35.3. The molecule has 0 atom stereocenters. The molecule has 2 aliphatic heterocycles. The van der Waals surface area contributed by atoms with Crippen molar-refractivity contribution in [3.63, 3.8) is 0 Å². The third kappa shape index (κ3) is 15.4. The van der Waals surface area contributed by atoms with Crippen LogP contribution >= 0.6 is 11.9 Å². The molecule has 0 unspecified atom stereocenters. The van der Waals surface area contributed by atoms with Gasteiger partial charge in [0.2, 0.25) is 11.8 Å². The average molecular weight is 1080 g/mol. The van der Waals surface area contributed by atoms with E-state index >= 15 is 0 Å². The molecular formula is C51H44F12N8O3S. The maximum Gasteiger partial charge on any atom is 0.416 e. The highest BCUT2D eigenvalue weighted by Gasteiger charge is 2.39. The van der Waals surface area contributed by atoms with Crippen LogP contribution in [0.1, 0.15) is 65.0 Å². The Balaban J connectivity index is 0.000000236. The topological polar surface area (TPSA) is 153 Å². The predicted octanol–water partition coefficient (Wildman–Crippen LogP) is 12.0. The van der Waals surface area contributed by atoms with Crippen molar-refractivity contribution >= 4 is 52.7 Å². The normalized spacial score (nSPS) is 14.7. The maximum absolute atomic E-state index is 13.2. The molecule has 2 amide bonds. The molecule has 2 aliphatic rings. The van der Waals surface area contributed by atoms with Gasteiger partial charge in [0, 0.05) is 71.4 Å². The van der Waals surface area contributed by atoms with Crippen LogP contribution in [0.15, 0.2) is 114 Å². The molecule has 6 aromatic rings. The maximum atomic E-state index is 13.2. The van der Waals surface area contributed by atoms with Gasteiger partial charge in [-0.25, -0.2) is 24.2 Å². The number of rotatable bonds is 11. The zero-order valence-electron chi connectivity index (χ0n) is 39.5. The average Bonchev–Trinajstić information content (AvgIpc) is 3.36. The fourth-order valence-corrected chi connectivity index (χ4v) is 8.22. The van der Waals surface area contributed by atoms with E-state index in [1.807, 2.05) is 32.0 Å². The molecule has 11 nitrogen and oxygen atoms in total. The number of morpholine rings is 1. The Hall–Kier alpha value is -7.31. The minimum absolute atomic E-state index is 0.0268. The largest absolute Gasteiger partial charge is 0.416 e. The van der Waals surface area contributed by atoms with Crippen molar-refractivity contribution in [2.24, 2.45) is 11.5 Å². The van der Waals surface area contributed by atoms with E-state index in [1.54, 1.807) is 30.3 Å². The van der Waals surface area contributed by atoms with Gasteiger partial charge in [-0.2, -0.15) is 52.7 Å². The van der Waals surface area contributed by atoms with Gasteiger partial charge in [-0.05, 0) is 114 Å². The van der Waals surface area contributed by atoms with E-state index in [-0.39, 0.29) is 46.3 Å². The van der Waals surface area contributed by atoms with Crippen LogP contribution in [-0.2, 0) is 39.0 Å². The smallest absolute Gasteiger partial charge is 0.378 e. The number of amides is 2. The number of carbonyl (C=O) groups excluding carboxylic acids is 2. The highest BCUT2D eigenvalue weighted by molar-refractivity contribution is 7.97. The lowest BCUT2D eigenvalue weighted by Crippen LogP contribution is -2.36. The monoisotopic (exact) mass is 1080 g/mol. The van der Waals surface area contributed by atoms with Crippen molar-refractivity contribution in [1.29, 1.82) is 0 Å². The number of alkyl halides is 12. The van der Waals surface area contributed by atoms with Crippen LogP contribution in [0.4, 0.5) is 58.4 Å². The molecule has 0 spiro atoms. The van der Waals surface area contributed by atoms with Crippen molar-refractivity contribution in [2.75, 3.05) is 44.3 Å². The van der Waals surface area contributed by atoms with Gasteiger partial charge in [0.1, 0.15) is 0 Å². The molecule has 2 aromatic heterocycles. The molecule has 4 heterocycles. The van der Waals surface area contributed by atoms with Crippen LogP contribution in [0.3, 0.4) is 0 Å². The molecular weight excluding hydrogens is 1030 g/mol. The highest BCUT2D eigenvalue weighted by Crippen LogP contribution is 2.40. The Morgan fingerprint density at radius 2 is 0.987 bits per heavy atom. The van der Waals surface area contributed by atoms with E-state index in [2.05, 4.69) is 29.1 Å².